The van der Waals surface area contributed by atoms with Crippen LogP contribution in [0.15, 0.2) is 54.1 Å². The monoisotopic (exact) mass is 557 g/mol. The van der Waals surface area contributed by atoms with Gasteiger partial charge in [0.15, 0.2) is 5.78 Å². The van der Waals surface area contributed by atoms with Crippen LogP contribution in [-0.2, 0) is 12.8 Å². The third-order valence-electron chi connectivity index (χ3n) is 11.3. The van der Waals surface area contributed by atoms with Crippen molar-refractivity contribution in [3.05, 3.63) is 76.4 Å². The van der Waals surface area contributed by atoms with Crippen LogP contribution in [0.25, 0.3) is 5.57 Å². The van der Waals surface area contributed by atoms with Crippen molar-refractivity contribution in [3.8, 4) is 0 Å². The minimum Gasteiger partial charge on any atom is -0.300 e. The molecule has 222 valence electrons. The summed E-state index contributed by atoms with van der Waals surface area (Å²) >= 11 is 0. The van der Waals surface area contributed by atoms with E-state index >= 15 is 4.39 Å². The molecular weight excluding hydrogens is 505 g/mol. The summed E-state index contributed by atoms with van der Waals surface area (Å²) in [4.78, 5) is 14.2. The first-order chi connectivity index (χ1) is 19.6. The summed E-state index contributed by atoms with van der Waals surface area (Å²) in [6.45, 7) is 13.8. The Morgan fingerprint density at radius 2 is 1.56 bits per heavy atom. The molecule has 2 aliphatic carbocycles. The highest BCUT2D eigenvalue weighted by Crippen LogP contribution is 2.42. The normalized spacial score (nSPS) is 30.0. The van der Waals surface area contributed by atoms with Crippen molar-refractivity contribution < 1.29 is 9.18 Å². The molecule has 0 radical (unpaired) electrons. The van der Waals surface area contributed by atoms with Crippen molar-refractivity contribution in [1.29, 1.82) is 0 Å². The number of nitrogens with zero attached hydrogens (tertiary/aromatic N) is 1. The highest BCUT2D eigenvalue weighted by atomic mass is 19.1. The minimum atomic E-state index is -0.990. The molecule has 41 heavy (non-hydrogen) atoms. The Bertz CT molecular complexity index is 1210. The molecule has 2 fully saturated rings. The van der Waals surface area contributed by atoms with Crippen molar-refractivity contribution in [2.45, 2.75) is 98.1 Å². The van der Waals surface area contributed by atoms with Crippen molar-refractivity contribution >= 4 is 11.4 Å². The Labute approximate surface area is 248 Å². The van der Waals surface area contributed by atoms with Crippen LogP contribution in [-0.4, -0.2) is 36.0 Å². The Kier molecular flexibility index (Phi) is 9.53. The van der Waals surface area contributed by atoms with Crippen molar-refractivity contribution in [2.75, 3.05) is 19.6 Å². The van der Waals surface area contributed by atoms with Gasteiger partial charge in [0.2, 0.25) is 0 Å². The van der Waals surface area contributed by atoms with E-state index in [1.807, 2.05) is 12.1 Å². The second kappa shape index (κ2) is 12.9. The zero-order valence-corrected chi connectivity index (χ0v) is 26.2. The average molecular weight is 558 g/mol. The number of rotatable bonds is 7. The third kappa shape index (κ3) is 7.22. The van der Waals surface area contributed by atoms with E-state index in [9.17, 15) is 4.79 Å². The zero-order valence-electron chi connectivity index (χ0n) is 26.2. The molecule has 1 saturated heterocycles. The van der Waals surface area contributed by atoms with Crippen LogP contribution in [0, 0.1) is 29.6 Å². The van der Waals surface area contributed by atoms with Crippen LogP contribution in [0.2, 0.25) is 0 Å². The first-order valence-electron chi connectivity index (χ1n) is 16.4. The number of likely N-dealkylation sites (tertiary alicyclic amines) is 1. The summed E-state index contributed by atoms with van der Waals surface area (Å²) in [5, 5.41) is 0. The maximum absolute atomic E-state index is 15.9. The lowest BCUT2D eigenvalue weighted by atomic mass is 9.77. The van der Waals surface area contributed by atoms with Crippen LogP contribution in [0.4, 0.5) is 4.39 Å². The van der Waals surface area contributed by atoms with E-state index in [0.29, 0.717) is 30.2 Å². The Balaban J connectivity index is 1.24. The van der Waals surface area contributed by atoms with Crippen molar-refractivity contribution in [1.82, 2.24) is 4.90 Å². The number of benzene rings is 2. The van der Waals surface area contributed by atoms with E-state index in [-0.39, 0.29) is 5.78 Å². The van der Waals surface area contributed by atoms with Gasteiger partial charge in [-0.2, -0.15) is 0 Å². The van der Waals surface area contributed by atoms with Crippen molar-refractivity contribution in [2.24, 2.45) is 29.6 Å². The Morgan fingerprint density at radius 3 is 2.20 bits per heavy atom. The summed E-state index contributed by atoms with van der Waals surface area (Å²) in [6.07, 6.45) is 9.25. The smallest absolute Gasteiger partial charge is 0.159 e. The van der Waals surface area contributed by atoms with E-state index in [0.717, 1.165) is 63.1 Å². The minimum absolute atomic E-state index is 0.118. The Hall–Kier alpha value is -2.26. The number of allylic oxidation sites excluding steroid dienone is 2. The zero-order chi connectivity index (χ0) is 29.1. The predicted octanol–water partition coefficient (Wildman–Crippen LogP) is 9.37. The number of Topliss-reactive ketones (excluding diaryl/α,β-unsaturated/α-hetero) is 1. The van der Waals surface area contributed by atoms with Gasteiger partial charge in [-0.1, -0.05) is 74.9 Å². The van der Waals surface area contributed by atoms with E-state index in [1.54, 1.807) is 6.92 Å². The maximum atomic E-state index is 15.9. The van der Waals surface area contributed by atoms with Crippen LogP contribution >= 0.6 is 0 Å². The van der Waals surface area contributed by atoms with Crippen LogP contribution in [0.5, 0.6) is 0 Å². The fraction of sp³-hybridized carbons (Fsp3) is 0.605. The number of ketones is 1. The number of carbonyl (C=O) groups excluding carboxylic acids is 1. The van der Waals surface area contributed by atoms with Crippen molar-refractivity contribution in [3.63, 3.8) is 0 Å². The topological polar surface area (TPSA) is 20.3 Å². The molecule has 3 heteroatoms. The molecule has 0 amide bonds. The lowest BCUT2D eigenvalue weighted by molar-refractivity contribution is 0.0533. The number of hydrogen-bond acceptors (Lipinski definition) is 2. The summed E-state index contributed by atoms with van der Waals surface area (Å²) in [5.74, 6) is 3.29. The molecule has 2 aromatic rings. The molecule has 0 N–H and O–H groups in total. The highest BCUT2D eigenvalue weighted by Gasteiger charge is 2.37. The second-order valence-corrected chi connectivity index (χ2v) is 14.1. The number of alkyl halides is 1. The first kappa shape index (κ1) is 30.2. The summed E-state index contributed by atoms with van der Waals surface area (Å²) in [5.41, 5.74) is 6.91. The fourth-order valence-electron chi connectivity index (χ4n) is 7.91. The number of fused-ring (bicyclic) bond motifs is 1. The van der Waals surface area contributed by atoms with Gasteiger partial charge in [0, 0.05) is 12.1 Å². The second-order valence-electron chi connectivity index (χ2n) is 14.1. The van der Waals surface area contributed by atoms with Crippen LogP contribution < -0.4 is 0 Å². The summed E-state index contributed by atoms with van der Waals surface area (Å²) < 4.78 is 15.9. The van der Waals surface area contributed by atoms with E-state index in [4.69, 9.17) is 0 Å². The largest absolute Gasteiger partial charge is 0.300 e. The van der Waals surface area contributed by atoms with Gasteiger partial charge < -0.3 is 4.90 Å². The van der Waals surface area contributed by atoms with Gasteiger partial charge in [0.25, 0.3) is 0 Å². The molecule has 1 heterocycles. The standard InChI is InChI=1S/C38H52FNO/c1-26-14-18-38(39,19-15-27(26)2)25-40-20-16-32(17-21-40)22-35-24-34-8-6-7-9-36(34)37(29(4)28(35)3)23-31-10-12-33(13-11-31)30(5)41/h6-13,26-28,32,35H,14-25H2,1-5H3. The van der Waals surface area contributed by atoms with Gasteiger partial charge in [-0.05, 0) is 137 Å². The molecule has 0 spiro atoms. The van der Waals surface area contributed by atoms with Crippen LogP contribution in [0.1, 0.15) is 107 Å². The fourth-order valence-corrected chi connectivity index (χ4v) is 7.91. The van der Waals surface area contributed by atoms with Gasteiger partial charge in [-0.15, -0.1) is 0 Å². The predicted molar refractivity (Wildman–Crippen MR) is 170 cm³/mol. The van der Waals surface area contributed by atoms with Gasteiger partial charge in [-0.3, -0.25) is 4.79 Å². The molecule has 3 aliphatic rings. The van der Waals surface area contributed by atoms with Gasteiger partial charge in [-0.25, -0.2) is 4.39 Å². The molecule has 0 bridgehead atoms. The maximum Gasteiger partial charge on any atom is 0.159 e. The number of carbonyl (C=O) groups is 1. The van der Waals surface area contributed by atoms with Crippen LogP contribution in [0.3, 0.4) is 0 Å². The lowest BCUT2D eigenvalue weighted by Crippen LogP contribution is -2.44. The molecular formula is C38H52FNO. The molecule has 1 saturated carbocycles. The van der Waals surface area contributed by atoms with E-state index in [2.05, 4.69) is 69.0 Å². The van der Waals surface area contributed by atoms with E-state index < -0.39 is 5.67 Å². The highest BCUT2D eigenvalue weighted by molar-refractivity contribution is 5.94. The number of hydrogen-bond donors (Lipinski definition) is 0. The number of halogens is 1. The van der Waals surface area contributed by atoms with Gasteiger partial charge in [0.1, 0.15) is 5.67 Å². The third-order valence-corrected chi connectivity index (χ3v) is 11.3. The molecule has 4 atom stereocenters. The summed E-state index contributed by atoms with van der Waals surface area (Å²) in [7, 11) is 0. The SMILES string of the molecule is CC(=O)c1ccc(CC2=C(C)C(C)C(CC3CCN(CC4(F)CCC(C)C(C)CC4)CC3)Cc3ccccc32)cc1. The average Bonchev–Trinajstić information content (AvgIpc) is 3.15. The van der Waals surface area contributed by atoms with E-state index in [1.165, 1.54) is 47.1 Å². The molecule has 1 aliphatic heterocycles. The van der Waals surface area contributed by atoms with Gasteiger partial charge in [0.05, 0.1) is 0 Å². The molecule has 5 rings (SSSR count). The molecule has 2 nitrogen and oxygen atoms in total. The quantitative estimate of drug-likeness (QED) is 0.250. The first-order valence-corrected chi connectivity index (χ1v) is 16.4. The molecule has 2 aromatic carbocycles. The lowest BCUT2D eigenvalue weighted by Gasteiger charge is -2.38. The number of piperidine rings is 1. The van der Waals surface area contributed by atoms with Gasteiger partial charge >= 0.3 is 0 Å². The Morgan fingerprint density at radius 1 is 0.927 bits per heavy atom. The molecule has 0 aromatic heterocycles. The summed E-state index contributed by atoms with van der Waals surface area (Å²) in [6, 6.07) is 17.2. The molecule has 4 unspecified atom stereocenters.